The summed E-state index contributed by atoms with van der Waals surface area (Å²) >= 11 is 0. The number of ether oxygens (including phenoxy) is 1. The van der Waals surface area contributed by atoms with Gasteiger partial charge in [-0.15, -0.1) is 0 Å². The summed E-state index contributed by atoms with van der Waals surface area (Å²) in [4.78, 5) is 11.6. The van der Waals surface area contributed by atoms with Crippen LogP contribution in [0.4, 0.5) is 13.2 Å². The van der Waals surface area contributed by atoms with Gasteiger partial charge in [-0.05, 0) is 26.2 Å². The van der Waals surface area contributed by atoms with Crippen molar-refractivity contribution < 1.29 is 27.8 Å². The molecule has 0 fully saturated rings. The number of aliphatic hydroxyl groups is 1. The van der Waals surface area contributed by atoms with Gasteiger partial charge in [0.15, 0.2) is 5.60 Å². The molecule has 0 aromatic carbocycles. The van der Waals surface area contributed by atoms with Crippen molar-refractivity contribution in [3.63, 3.8) is 0 Å². The molecule has 1 N–H and O–H groups in total. The predicted octanol–water partition coefficient (Wildman–Crippen LogP) is 3.30. The van der Waals surface area contributed by atoms with Crippen LogP contribution >= 0.6 is 0 Å². The third-order valence-corrected chi connectivity index (χ3v) is 2.84. The Hall–Kier alpha value is -0.780. The van der Waals surface area contributed by atoms with Crippen LogP contribution in [-0.2, 0) is 9.53 Å². The van der Waals surface area contributed by atoms with Crippen LogP contribution in [0.5, 0.6) is 0 Å². The van der Waals surface area contributed by atoms with E-state index in [0.29, 0.717) is 19.3 Å². The van der Waals surface area contributed by atoms with Crippen LogP contribution in [0.15, 0.2) is 0 Å². The predicted molar refractivity (Wildman–Crippen MR) is 65.5 cm³/mol. The molecular weight excluding hydrogens is 261 g/mol. The molecule has 6 heteroatoms. The molecule has 0 saturated heterocycles. The number of carbonyl (C=O) groups is 1. The Labute approximate surface area is 112 Å². The third-order valence-electron chi connectivity index (χ3n) is 2.84. The third kappa shape index (κ3) is 6.27. The minimum Gasteiger partial charge on any atom is -0.462 e. The normalized spacial score (nSPS) is 18.8. The van der Waals surface area contributed by atoms with Crippen molar-refractivity contribution >= 4 is 5.97 Å². The van der Waals surface area contributed by atoms with Crippen molar-refractivity contribution in [2.24, 2.45) is 11.8 Å². The fraction of sp³-hybridized carbons (Fsp3) is 0.923. The van der Waals surface area contributed by atoms with Gasteiger partial charge in [0.1, 0.15) is 6.10 Å². The van der Waals surface area contributed by atoms with E-state index < -0.39 is 30.3 Å². The Morgan fingerprint density at radius 1 is 1.21 bits per heavy atom. The van der Waals surface area contributed by atoms with Crippen LogP contribution in [-0.4, -0.2) is 29.0 Å². The first-order chi connectivity index (χ1) is 8.36. The summed E-state index contributed by atoms with van der Waals surface area (Å²) in [6.45, 7) is 7.59. The van der Waals surface area contributed by atoms with Crippen molar-refractivity contribution in [1.82, 2.24) is 0 Å². The molecular formula is C13H23F3O3. The average molecular weight is 284 g/mol. The van der Waals surface area contributed by atoms with E-state index in [1.165, 1.54) is 6.92 Å². The average Bonchev–Trinajstić information content (AvgIpc) is 2.12. The topological polar surface area (TPSA) is 46.5 Å². The zero-order valence-electron chi connectivity index (χ0n) is 12.0. The van der Waals surface area contributed by atoms with E-state index >= 15 is 0 Å². The van der Waals surface area contributed by atoms with E-state index in [1.807, 2.05) is 13.8 Å². The number of esters is 1. The largest absolute Gasteiger partial charge is 0.462 e. The van der Waals surface area contributed by atoms with E-state index in [4.69, 9.17) is 4.74 Å². The molecule has 0 radical (unpaired) electrons. The second kappa shape index (κ2) is 6.59. The Morgan fingerprint density at radius 3 is 2.05 bits per heavy atom. The van der Waals surface area contributed by atoms with E-state index in [1.54, 1.807) is 6.92 Å². The van der Waals surface area contributed by atoms with Crippen LogP contribution < -0.4 is 0 Å². The lowest BCUT2D eigenvalue weighted by molar-refractivity contribution is -0.261. The summed E-state index contributed by atoms with van der Waals surface area (Å²) in [7, 11) is 0. The summed E-state index contributed by atoms with van der Waals surface area (Å²) in [5.41, 5.74) is -2.85. The number of alkyl halides is 3. The lowest BCUT2D eigenvalue weighted by atomic mass is 9.97. The molecule has 0 amide bonds. The molecule has 0 rings (SSSR count). The molecule has 0 bridgehead atoms. The lowest BCUT2D eigenvalue weighted by Crippen LogP contribution is -2.45. The molecule has 0 aromatic rings. The first kappa shape index (κ1) is 18.2. The van der Waals surface area contributed by atoms with E-state index in [-0.39, 0.29) is 5.92 Å². The summed E-state index contributed by atoms with van der Waals surface area (Å²) in [6.07, 6.45) is -5.78. The SMILES string of the molecule is CC(C)CC(C)C(=O)OC(C)CC(C)(O)C(F)(F)F. The fourth-order valence-electron chi connectivity index (χ4n) is 1.83. The highest BCUT2D eigenvalue weighted by Crippen LogP contribution is 2.34. The number of carbonyl (C=O) groups excluding carboxylic acids is 1. The van der Waals surface area contributed by atoms with E-state index in [9.17, 15) is 23.1 Å². The number of hydrogen-bond donors (Lipinski definition) is 1. The minimum atomic E-state index is -4.74. The summed E-state index contributed by atoms with van der Waals surface area (Å²) < 4.78 is 42.4. The van der Waals surface area contributed by atoms with Gasteiger partial charge in [-0.25, -0.2) is 0 Å². The Bertz CT molecular complexity index is 298. The highest BCUT2D eigenvalue weighted by Gasteiger charge is 2.50. The van der Waals surface area contributed by atoms with Crippen molar-refractivity contribution in [3.05, 3.63) is 0 Å². The number of rotatable bonds is 6. The number of hydrogen-bond acceptors (Lipinski definition) is 3. The van der Waals surface area contributed by atoms with Crippen LogP contribution in [0, 0.1) is 11.8 Å². The second-order valence-corrected chi connectivity index (χ2v) is 5.75. The molecule has 0 saturated carbocycles. The highest BCUT2D eigenvalue weighted by atomic mass is 19.4. The van der Waals surface area contributed by atoms with E-state index in [0.717, 1.165) is 0 Å². The first-order valence-electron chi connectivity index (χ1n) is 6.36. The fourth-order valence-corrected chi connectivity index (χ4v) is 1.83. The van der Waals surface area contributed by atoms with E-state index in [2.05, 4.69) is 0 Å². The van der Waals surface area contributed by atoms with Gasteiger partial charge in [-0.1, -0.05) is 20.8 Å². The van der Waals surface area contributed by atoms with Crippen LogP contribution in [0.2, 0.25) is 0 Å². The molecule has 0 aromatic heterocycles. The maximum atomic E-state index is 12.5. The van der Waals surface area contributed by atoms with Crippen molar-refractivity contribution in [1.29, 1.82) is 0 Å². The monoisotopic (exact) mass is 284 g/mol. The van der Waals surface area contributed by atoms with Gasteiger partial charge in [0, 0.05) is 6.42 Å². The molecule has 0 aliphatic rings. The smallest absolute Gasteiger partial charge is 0.417 e. The molecule has 19 heavy (non-hydrogen) atoms. The van der Waals surface area contributed by atoms with Gasteiger partial charge in [0.2, 0.25) is 0 Å². The summed E-state index contributed by atoms with van der Waals surface area (Å²) in [6, 6.07) is 0. The zero-order chi connectivity index (χ0) is 15.4. The molecule has 0 spiro atoms. The minimum absolute atomic E-state index is 0.302. The Kier molecular flexibility index (Phi) is 6.32. The number of halogens is 3. The molecule has 114 valence electrons. The Morgan fingerprint density at radius 2 is 1.68 bits per heavy atom. The lowest BCUT2D eigenvalue weighted by Gasteiger charge is -2.29. The van der Waals surface area contributed by atoms with Gasteiger partial charge in [0.25, 0.3) is 0 Å². The van der Waals surface area contributed by atoms with Gasteiger partial charge in [0.05, 0.1) is 5.92 Å². The van der Waals surface area contributed by atoms with Crippen LogP contribution in [0.3, 0.4) is 0 Å². The van der Waals surface area contributed by atoms with Crippen molar-refractivity contribution in [2.75, 3.05) is 0 Å². The van der Waals surface area contributed by atoms with Gasteiger partial charge in [-0.2, -0.15) is 13.2 Å². The van der Waals surface area contributed by atoms with Gasteiger partial charge < -0.3 is 9.84 Å². The Balaban J connectivity index is 4.40. The highest BCUT2D eigenvalue weighted by molar-refractivity contribution is 5.72. The molecule has 3 nitrogen and oxygen atoms in total. The molecule has 0 heterocycles. The van der Waals surface area contributed by atoms with Crippen molar-refractivity contribution in [2.45, 2.75) is 65.3 Å². The molecule has 3 unspecified atom stereocenters. The molecule has 0 aliphatic carbocycles. The summed E-state index contributed by atoms with van der Waals surface area (Å²) in [5.74, 6) is -0.589. The maximum Gasteiger partial charge on any atom is 0.417 e. The zero-order valence-corrected chi connectivity index (χ0v) is 12.0. The standard InChI is InChI=1S/C13H23F3O3/c1-8(2)6-9(3)11(17)19-10(4)7-12(5,18)13(14,15)16/h8-10,18H,6-7H2,1-5H3. The maximum absolute atomic E-state index is 12.5. The second-order valence-electron chi connectivity index (χ2n) is 5.75. The van der Waals surface area contributed by atoms with Crippen LogP contribution in [0.25, 0.3) is 0 Å². The molecule has 3 atom stereocenters. The first-order valence-corrected chi connectivity index (χ1v) is 6.36. The quantitative estimate of drug-likeness (QED) is 0.761. The molecule has 0 aliphatic heterocycles. The van der Waals surface area contributed by atoms with Crippen molar-refractivity contribution in [3.8, 4) is 0 Å². The van der Waals surface area contributed by atoms with Crippen LogP contribution in [0.1, 0.15) is 47.5 Å². The summed E-state index contributed by atoms with van der Waals surface area (Å²) in [5, 5.41) is 9.30. The van der Waals surface area contributed by atoms with Gasteiger partial charge >= 0.3 is 12.1 Å². The van der Waals surface area contributed by atoms with Gasteiger partial charge in [-0.3, -0.25) is 4.79 Å².